The highest BCUT2D eigenvalue weighted by Gasteiger charge is 2.21. The van der Waals surface area contributed by atoms with Crippen LogP contribution in [0.5, 0.6) is 0 Å². The number of carbonyl (C=O) groups excluding carboxylic acids is 2. The summed E-state index contributed by atoms with van der Waals surface area (Å²) >= 11 is 0. The fourth-order valence-electron chi connectivity index (χ4n) is 4.79. The van der Waals surface area contributed by atoms with E-state index in [1.807, 2.05) is 48.8 Å². The number of amides is 2. The molecule has 0 aliphatic carbocycles. The number of nitrogens with one attached hydrogen (secondary N) is 6. The Hall–Kier alpha value is -4.80. The van der Waals surface area contributed by atoms with Gasteiger partial charge in [0.2, 0.25) is 5.91 Å². The molecule has 10 heteroatoms. The van der Waals surface area contributed by atoms with Crippen molar-refractivity contribution in [1.29, 1.82) is 0 Å². The Morgan fingerprint density at radius 1 is 0.762 bits per heavy atom. The summed E-state index contributed by atoms with van der Waals surface area (Å²) in [5, 5.41) is 14.9. The molecule has 0 unspecified atom stereocenters. The second kappa shape index (κ2) is 14.7. The first-order valence-electron chi connectivity index (χ1n) is 14.2. The third-order valence-electron chi connectivity index (χ3n) is 7.07. The number of imidazole rings is 2. The molecular formula is C32H36N8O2. The van der Waals surface area contributed by atoms with Crippen molar-refractivity contribution in [2.24, 2.45) is 0 Å². The summed E-state index contributed by atoms with van der Waals surface area (Å²) in [4.78, 5) is 40.8. The van der Waals surface area contributed by atoms with Gasteiger partial charge in [0.05, 0.1) is 24.0 Å². The van der Waals surface area contributed by atoms with Gasteiger partial charge >= 0.3 is 0 Å². The van der Waals surface area contributed by atoms with Crippen molar-refractivity contribution in [2.45, 2.75) is 45.1 Å². The number of benzene rings is 3. The maximum absolute atomic E-state index is 13.4. The van der Waals surface area contributed by atoms with Crippen LogP contribution in [0.4, 0.5) is 0 Å². The standard InChI is InChI=1S/C32H36N8O2/c41-31(25-12-10-23(11-13-25)15-34-18-28-20-36-22-39-28)40-30(9-4-14-33-17-27-19-35-21-38-27)32(42)37-16-26-7-3-6-24-5-1-2-8-29(24)26/h1-3,5-8,10-13,19-22,30,33-34H,4,9,14-18H2,(H,35,38)(H,36,39)(H,37,42)(H,40,41)/t30-/m0/s1. The van der Waals surface area contributed by atoms with Crippen LogP contribution in [0.1, 0.15) is 45.7 Å². The lowest BCUT2D eigenvalue weighted by Gasteiger charge is -2.19. The fraction of sp³-hybridized carbons (Fsp3) is 0.250. The molecule has 42 heavy (non-hydrogen) atoms. The second-order valence-corrected chi connectivity index (χ2v) is 10.1. The maximum Gasteiger partial charge on any atom is 0.251 e. The molecule has 0 saturated carbocycles. The van der Waals surface area contributed by atoms with E-state index in [0.717, 1.165) is 33.3 Å². The smallest absolute Gasteiger partial charge is 0.251 e. The first-order valence-corrected chi connectivity index (χ1v) is 14.2. The third kappa shape index (κ3) is 8.12. The first kappa shape index (κ1) is 28.7. The average Bonchev–Trinajstić information content (AvgIpc) is 3.74. The summed E-state index contributed by atoms with van der Waals surface area (Å²) in [6, 6.07) is 20.9. The zero-order valence-electron chi connectivity index (χ0n) is 23.4. The fourth-order valence-corrected chi connectivity index (χ4v) is 4.79. The van der Waals surface area contributed by atoms with Crippen LogP contribution in [0.2, 0.25) is 0 Å². The molecule has 216 valence electrons. The number of rotatable bonds is 15. The Balaban J connectivity index is 1.17. The molecule has 0 fully saturated rings. The summed E-state index contributed by atoms with van der Waals surface area (Å²) in [6.45, 7) is 3.01. The minimum Gasteiger partial charge on any atom is -0.351 e. The summed E-state index contributed by atoms with van der Waals surface area (Å²) in [6.07, 6.45) is 8.20. The Morgan fingerprint density at radius 2 is 1.48 bits per heavy atom. The monoisotopic (exact) mass is 564 g/mol. The zero-order valence-corrected chi connectivity index (χ0v) is 23.4. The first-order chi connectivity index (χ1) is 20.7. The van der Waals surface area contributed by atoms with Crippen LogP contribution >= 0.6 is 0 Å². The van der Waals surface area contributed by atoms with Gasteiger partial charge in [0, 0.05) is 44.1 Å². The van der Waals surface area contributed by atoms with E-state index in [2.05, 4.69) is 59.4 Å². The highest BCUT2D eigenvalue weighted by molar-refractivity contribution is 5.97. The van der Waals surface area contributed by atoms with Gasteiger partial charge in [-0.15, -0.1) is 0 Å². The number of hydrogen-bond acceptors (Lipinski definition) is 6. The van der Waals surface area contributed by atoms with Crippen LogP contribution in [-0.2, 0) is 31.0 Å². The van der Waals surface area contributed by atoms with Gasteiger partial charge in [-0.2, -0.15) is 0 Å². The van der Waals surface area contributed by atoms with Crippen LogP contribution in [0.3, 0.4) is 0 Å². The predicted octanol–water partition coefficient (Wildman–Crippen LogP) is 3.56. The molecule has 0 aliphatic heterocycles. The number of nitrogens with zero attached hydrogens (tertiary/aromatic N) is 2. The molecule has 0 aliphatic rings. The second-order valence-electron chi connectivity index (χ2n) is 10.1. The quantitative estimate of drug-likeness (QED) is 0.108. The number of fused-ring (bicyclic) bond motifs is 1. The van der Waals surface area contributed by atoms with E-state index < -0.39 is 6.04 Å². The molecule has 5 rings (SSSR count). The number of carbonyl (C=O) groups is 2. The topological polar surface area (TPSA) is 140 Å². The lowest BCUT2D eigenvalue weighted by molar-refractivity contribution is -0.123. The largest absolute Gasteiger partial charge is 0.351 e. The maximum atomic E-state index is 13.4. The third-order valence-corrected chi connectivity index (χ3v) is 7.07. The van der Waals surface area contributed by atoms with Crippen LogP contribution in [-0.4, -0.2) is 44.3 Å². The molecule has 2 amide bonds. The predicted molar refractivity (Wildman–Crippen MR) is 162 cm³/mol. The Labute approximate surface area is 244 Å². The molecule has 2 heterocycles. The van der Waals surface area contributed by atoms with Gasteiger partial charge in [-0.05, 0) is 53.4 Å². The molecule has 0 spiro atoms. The van der Waals surface area contributed by atoms with Crippen molar-refractivity contribution in [1.82, 2.24) is 41.2 Å². The Kier molecular flexibility index (Phi) is 10.1. The van der Waals surface area contributed by atoms with Crippen molar-refractivity contribution < 1.29 is 9.59 Å². The van der Waals surface area contributed by atoms with Crippen molar-refractivity contribution in [3.63, 3.8) is 0 Å². The highest BCUT2D eigenvalue weighted by Crippen LogP contribution is 2.18. The minimum absolute atomic E-state index is 0.206. The number of aromatic amines is 2. The number of H-pyrrole nitrogens is 2. The molecule has 5 aromatic rings. The van der Waals surface area contributed by atoms with E-state index in [9.17, 15) is 9.59 Å². The molecule has 0 saturated heterocycles. The lowest BCUT2D eigenvalue weighted by Crippen LogP contribution is -2.46. The number of aromatic nitrogens is 4. The molecule has 6 N–H and O–H groups in total. The zero-order chi connectivity index (χ0) is 29.0. The highest BCUT2D eigenvalue weighted by atomic mass is 16.2. The molecule has 1 atom stereocenters. The molecule has 0 bridgehead atoms. The van der Waals surface area contributed by atoms with E-state index >= 15 is 0 Å². The van der Waals surface area contributed by atoms with E-state index in [-0.39, 0.29) is 11.8 Å². The Morgan fingerprint density at radius 3 is 2.21 bits per heavy atom. The van der Waals surface area contributed by atoms with Gasteiger partial charge in [-0.1, -0.05) is 54.6 Å². The summed E-state index contributed by atoms with van der Waals surface area (Å²) in [7, 11) is 0. The molecular weight excluding hydrogens is 528 g/mol. The van der Waals surface area contributed by atoms with Gasteiger partial charge in [-0.25, -0.2) is 9.97 Å². The van der Waals surface area contributed by atoms with Crippen molar-refractivity contribution in [2.75, 3.05) is 6.54 Å². The lowest BCUT2D eigenvalue weighted by atomic mass is 10.0. The van der Waals surface area contributed by atoms with Gasteiger partial charge in [0.25, 0.3) is 5.91 Å². The van der Waals surface area contributed by atoms with Crippen LogP contribution < -0.4 is 21.3 Å². The van der Waals surface area contributed by atoms with Gasteiger partial charge in [-0.3, -0.25) is 9.59 Å². The van der Waals surface area contributed by atoms with E-state index in [1.165, 1.54) is 0 Å². The van der Waals surface area contributed by atoms with Gasteiger partial charge < -0.3 is 31.2 Å². The van der Waals surface area contributed by atoms with Crippen LogP contribution in [0.15, 0.2) is 91.8 Å². The van der Waals surface area contributed by atoms with E-state index in [4.69, 9.17) is 0 Å². The minimum atomic E-state index is -0.671. The van der Waals surface area contributed by atoms with Crippen molar-refractivity contribution >= 4 is 22.6 Å². The van der Waals surface area contributed by atoms with E-state index in [0.29, 0.717) is 51.1 Å². The summed E-state index contributed by atoms with van der Waals surface area (Å²) < 4.78 is 0. The molecule has 10 nitrogen and oxygen atoms in total. The van der Waals surface area contributed by atoms with Crippen LogP contribution in [0.25, 0.3) is 10.8 Å². The average molecular weight is 565 g/mol. The van der Waals surface area contributed by atoms with Gasteiger partial charge in [0.15, 0.2) is 0 Å². The summed E-state index contributed by atoms with van der Waals surface area (Å²) in [5.41, 5.74) is 4.45. The van der Waals surface area contributed by atoms with E-state index in [1.54, 1.807) is 24.8 Å². The SMILES string of the molecule is O=C(N[C@@H](CCCNCc1c[nH]cn1)C(=O)NCc1cccc2ccccc12)c1ccc(CNCc2c[nH]cn2)cc1. The van der Waals surface area contributed by atoms with Crippen molar-refractivity contribution in [3.8, 4) is 0 Å². The Bertz CT molecular complexity index is 1540. The summed E-state index contributed by atoms with van der Waals surface area (Å²) in [5.74, 6) is -0.483. The number of hydrogen-bond donors (Lipinski definition) is 6. The molecule has 3 aromatic carbocycles. The molecule has 2 aromatic heterocycles. The van der Waals surface area contributed by atoms with Gasteiger partial charge in [0.1, 0.15) is 6.04 Å². The molecule has 0 radical (unpaired) electrons. The van der Waals surface area contributed by atoms with Crippen LogP contribution in [0, 0.1) is 0 Å². The normalized spacial score (nSPS) is 11.8. The van der Waals surface area contributed by atoms with Crippen molar-refractivity contribution in [3.05, 3.63) is 120 Å².